The molecule has 0 heterocycles. The number of esters is 2. The smallest absolute Gasteiger partial charge is 0.343 e. The van der Waals surface area contributed by atoms with E-state index in [9.17, 15) is 14.7 Å². The highest BCUT2D eigenvalue weighted by atomic mass is 16.5. The Morgan fingerprint density at radius 3 is 1.69 bits per heavy atom. The Labute approximate surface area is 266 Å². The van der Waals surface area contributed by atoms with Gasteiger partial charge in [0.05, 0.1) is 12.7 Å². The third-order valence-electron chi connectivity index (χ3n) is 9.31. The van der Waals surface area contributed by atoms with E-state index in [0.29, 0.717) is 29.9 Å². The molecule has 1 aliphatic carbocycles. The summed E-state index contributed by atoms with van der Waals surface area (Å²) >= 11 is 0. The van der Waals surface area contributed by atoms with Crippen molar-refractivity contribution in [1.82, 2.24) is 0 Å². The standard InChI is InChI=1S/C39H42O6/c1-28(41)44-35-20-12-30(13-21-35)38(2,24-7-27-40)31-14-22-36(23-15-31)45-37(42)29-8-10-32(11-9-29)39(25-5-4-6-26-39)33-16-18-34(43-3)19-17-33/h8-23,40H,4-7,24-27H2,1-3H3. The van der Waals surface area contributed by atoms with Crippen LogP contribution in [0.25, 0.3) is 0 Å². The van der Waals surface area contributed by atoms with Crippen molar-refractivity contribution in [2.45, 2.75) is 69.6 Å². The molecule has 234 valence electrons. The zero-order valence-electron chi connectivity index (χ0n) is 26.4. The summed E-state index contributed by atoms with van der Waals surface area (Å²) in [6.07, 6.45) is 7.06. The molecular weight excluding hydrogens is 564 g/mol. The lowest BCUT2D eigenvalue weighted by atomic mass is 9.65. The summed E-state index contributed by atoms with van der Waals surface area (Å²) in [6.45, 7) is 3.58. The second-order valence-corrected chi connectivity index (χ2v) is 12.1. The topological polar surface area (TPSA) is 82.1 Å². The molecule has 0 amide bonds. The first-order valence-electron chi connectivity index (χ1n) is 15.7. The lowest BCUT2D eigenvalue weighted by Crippen LogP contribution is -2.30. The number of ether oxygens (including phenoxy) is 3. The first-order valence-corrected chi connectivity index (χ1v) is 15.7. The molecule has 0 bridgehead atoms. The highest BCUT2D eigenvalue weighted by molar-refractivity contribution is 5.91. The highest BCUT2D eigenvalue weighted by Crippen LogP contribution is 2.45. The molecule has 1 atom stereocenters. The van der Waals surface area contributed by atoms with Crippen molar-refractivity contribution in [3.8, 4) is 17.2 Å². The van der Waals surface area contributed by atoms with E-state index in [4.69, 9.17) is 14.2 Å². The van der Waals surface area contributed by atoms with Gasteiger partial charge in [0.1, 0.15) is 17.2 Å². The second kappa shape index (κ2) is 14.1. The van der Waals surface area contributed by atoms with Crippen molar-refractivity contribution < 1.29 is 28.9 Å². The Morgan fingerprint density at radius 2 is 1.20 bits per heavy atom. The molecule has 4 aromatic carbocycles. The van der Waals surface area contributed by atoms with E-state index in [1.165, 1.54) is 37.3 Å². The fraction of sp³-hybridized carbons (Fsp3) is 0.333. The van der Waals surface area contributed by atoms with Gasteiger partial charge in [-0.25, -0.2) is 4.79 Å². The molecular formula is C39H42O6. The molecule has 1 fully saturated rings. The minimum Gasteiger partial charge on any atom is -0.497 e. The van der Waals surface area contributed by atoms with E-state index in [0.717, 1.165) is 29.7 Å². The predicted molar refractivity (Wildman–Crippen MR) is 175 cm³/mol. The molecule has 0 radical (unpaired) electrons. The maximum absolute atomic E-state index is 13.2. The number of hydrogen-bond donors (Lipinski definition) is 1. The largest absolute Gasteiger partial charge is 0.497 e. The van der Waals surface area contributed by atoms with Gasteiger partial charge in [-0.05, 0) is 96.5 Å². The van der Waals surface area contributed by atoms with Crippen LogP contribution in [0.15, 0.2) is 97.1 Å². The van der Waals surface area contributed by atoms with Crippen LogP contribution in [-0.4, -0.2) is 30.8 Å². The van der Waals surface area contributed by atoms with E-state index >= 15 is 0 Å². The maximum Gasteiger partial charge on any atom is 0.343 e. The van der Waals surface area contributed by atoms with Crippen molar-refractivity contribution in [2.75, 3.05) is 13.7 Å². The zero-order chi connectivity index (χ0) is 31.9. The minimum atomic E-state index is -0.408. The van der Waals surface area contributed by atoms with Crippen LogP contribution >= 0.6 is 0 Å². The van der Waals surface area contributed by atoms with Gasteiger partial charge < -0.3 is 19.3 Å². The monoisotopic (exact) mass is 606 g/mol. The molecule has 0 aromatic heterocycles. The van der Waals surface area contributed by atoms with Crippen molar-refractivity contribution >= 4 is 11.9 Å². The molecule has 0 saturated heterocycles. The predicted octanol–water partition coefficient (Wildman–Crippen LogP) is 8.17. The summed E-state index contributed by atoms with van der Waals surface area (Å²) in [5.74, 6) is 1.03. The molecule has 4 aromatic rings. The fourth-order valence-corrected chi connectivity index (χ4v) is 6.74. The highest BCUT2D eigenvalue weighted by Gasteiger charge is 2.36. The van der Waals surface area contributed by atoms with Gasteiger partial charge in [0.15, 0.2) is 0 Å². The second-order valence-electron chi connectivity index (χ2n) is 12.1. The van der Waals surface area contributed by atoms with Crippen molar-refractivity contribution in [3.63, 3.8) is 0 Å². The van der Waals surface area contributed by atoms with Crippen LogP contribution in [0.2, 0.25) is 0 Å². The van der Waals surface area contributed by atoms with Gasteiger partial charge >= 0.3 is 11.9 Å². The Kier molecular flexibility index (Phi) is 10.0. The number of carbonyl (C=O) groups is 2. The average molecular weight is 607 g/mol. The summed E-state index contributed by atoms with van der Waals surface area (Å²) < 4.78 is 16.4. The summed E-state index contributed by atoms with van der Waals surface area (Å²) in [7, 11) is 1.68. The molecule has 0 spiro atoms. The lowest BCUT2D eigenvalue weighted by molar-refractivity contribution is -0.131. The SMILES string of the molecule is COc1ccc(C2(c3ccc(C(=O)Oc4ccc(C(C)(CCCO)c5ccc(OC(C)=O)cc5)cc4)cc3)CCCCC2)cc1. The summed E-state index contributed by atoms with van der Waals surface area (Å²) in [5.41, 5.74) is 4.57. The summed E-state index contributed by atoms with van der Waals surface area (Å²) in [4.78, 5) is 24.5. The van der Waals surface area contributed by atoms with Crippen LogP contribution < -0.4 is 14.2 Å². The molecule has 1 unspecified atom stereocenters. The van der Waals surface area contributed by atoms with Crippen molar-refractivity contribution in [2.24, 2.45) is 0 Å². The van der Waals surface area contributed by atoms with E-state index in [2.05, 4.69) is 31.2 Å². The number of aliphatic hydroxyl groups excluding tert-OH is 1. The number of aliphatic hydroxyl groups is 1. The Hall–Kier alpha value is -4.42. The summed E-state index contributed by atoms with van der Waals surface area (Å²) in [6, 6.07) is 31.3. The Bertz CT molecular complexity index is 1570. The van der Waals surface area contributed by atoms with Crippen LogP contribution in [0.4, 0.5) is 0 Å². The van der Waals surface area contributed by atoms with Crippen LogP contribution in [0, 0.1) is 0 Å². The summed E-state index contributed by atoms with van der Waals surface area (Å²) in [5, 5.41) is 9.58. The third kappa shape index (κ3) is 7.12. The Balaban J connectivity index is 1.32. The van der Waals surface area contributed by atoms with E-state index in [-0.39, 0.29) is 18.0 Å². The quantitative estimate of drug-likeness (QED) is 0.137. The molecule has 6 heteroatoms. The van der Waals surface area contributed by atoms with Gasteiger partial charge in [0.25, 0.3) is 0 Å². The molecule has 5 rings (SSSR count). The van der Waals surface area contributed by atoms with Crippen molar-refractivity contribution in [1.29, 1.82) is 0 Å². The average Bonchev–Trinajstić information content (AvgIpc) is 3.08. The number of methoxy groups -OCH3 is 1. The first kappa shape index (κ1) is 32.0. The van der Waals surface area contributed by atoms with Crippen LogP contribution in [0.1, 0.15) is 91.4 Å². The number of hydrogen-bond acceptors (Lipinski definition) is 6. The fourth-order valence-electron chi connectivity index (χ4n) is 6.74. The van der Waals surface area contributed by atoms with Gasteiger partial charge in [0.2, 0.25) is 0 Å². The molecule has 45 heavy (non-hydrogen) atoms. The number of benzene rings is 4. The van der Waals surface area contributed by atoms with Crippen LogP contribution in [0.5, 0.6) is 17.2 Å². The normalized spacial score (nSPS) is 15.5. The number of carbonyl (C=O) groups excluding carboxylic acids is 2. The first-order chi connectivity index (χ1) is 21.8. The molecule has 6 nitrogen and oxygen atoms in total. The minimum absolute atomic E-state index is 0.0771. The van der Waals surface area contributed by atoms with E-state index in [1.807, 2.05) is 60.7 Å². The molecule has 1 aliphatic rings. The number of rotatable bonds is 11. The van der Waals surface area contributed by atoms with E-state index < -0.39 is 11.4 Å². The Morgan fingerprint density at radius 1 is 0.711 bits per heavy atom. The van der Waals surface area contributed by atoms with Crippen LogP contribution in [0.3, 0.4) is 0 Å². The molecule has 1 saturated carbocycles. The van der Waals surface area contributed by atoms with Gasteiger partial charge in [0, 0.05) is 24.4 Å². The van der Waals surface area contributed by atoms with Gasteiger partial charge in [-0.2, -0.15) is 0 Å². The molecule has 0 aliphatic heterocycles. The zero-order valence-corrected chi connectivity index (χ0v) is 26.4. The van der Waals surface area contributed by atoms with Crippen LogP contribution in [-0.2, 0) is 15.6 Å². The van der Waals surface area contributed by atoms with Gasteiger partial charge in [-0.15, -0.1) is 0 Å². The van der Waals surface area contributed by atoms with Gasteiger partial charge in [-0.1, -0.05) is 74.7 Å². The maximum atomic E-state index is 13.2. The molecule has 1 N–H and O–H groups in total. The third-order valence-corrected chi connectivity index (χ3v) is 9.31. The van der Waals surface area contributed by atoms with Crippen molar-refractivity contribution in [3.05, 3.63) is 125 Å². The van der Waals surface area contributed by atoms with E-state index in [1.54, 1.807) is 19.2 Å². The lowest BCUT2D eigenvalue weighted by Gasteiger charge is -2.38. The van der Waals surface area contributed by atoms with Gasteiger partial charge in [-0.3, -0.25) is 4.79 Å².